The highest BCUT2D eigenvalue weighted by Gasteiger charge is 2.05. The molecule has 2 aromatic carbocycles. The molecule has 3 aromatic rings. The minimum Gasteiger partial charge on any atom is -0.398 e. The third kappa shape index (κ3) is 4.49. The molecule has 4 nitrogen and oxygen atoms in total. The Labute approximate surface area is 157 Å². The van der Waals surface area contributed by atoms with E-state index in [1.165, 1.54) is 0 Å². The van der Waals surface area contributed by atoms with E-state index in [4.69, 9.17) is 23.1 Å². The van der Waals surface area contributed by atoms with Gasteiger partial charge in [-0.15, -0.1) is 0 Å². The van der Waals surface area contributed by atoms with Crippen molar-refractivity contribution in [1.82, 2.24) is 4.98 Å². The smallest absolute Gasteiger partial charge is 0.0654 e. The fourth-order valence-corrected chi connectivity index (χ4v) is 2.63. The monoisotopic (exact) mass is 362 g/mol. The van der Waals surface area contributed by atoms with Crippen LogP contribution in [0.5, 0.6) is 0 Å². The second-order valence-electron chi connectivity index (χ2n) is 5.78. The molecule has 0 atom stereocenters. The van der Waals surface area contributed by atoms with Gasteiger partial charge in [0.05, 0.1) is 6.54 Å². The number of benzene rings is 2. The zero-order valence-electron chi connectivity index (χ0n) is 14.1. The maximum atomic E-state index is 6.20. The highest BCUT2D eigenvalue weighted by atomic mass is 35.5. The fraction of sp³-hybridized carbons (Fsp3) is 0.0476. The molecule has 3 rings (SSSR count). The lowest BCUT2D eigenvalue weighted by Crippen LogP contribution is -2.02. The zero-order valence-corrected chi connectivity index (χ0v) is 14.9. The summed E-state index contributed by atoms with van der Waals surface area (Å²) in [7, 11) is 0. The summed E-state index contributed by atoms with van der Waals surface area (Å²) in [5, 5.41) is 0.702. The first-order valence-corrected chi connectivity index (χ1v) is 8.51. The lowest BCUT2D eigenvalue weighted by Gasteiger charge is -2.09. The van der Waals surface area contributed by atoms with Gasteiger partial charge in [0.25, 0.3) is 0 Å². The van der Waals surface area contributed by atoms with Gasteiger partial charge in [-0.1, -0.05) is 35.9 Å². The lowest BCUT2D eigenvalue weighted by atomic mass is 10.0. The zero-order chi connectivity index (χ0) is 18.4. The maximum Gasteiger partial charge on any atom is 0.0654 e. The van der Waals surface area contributed by atoms with E-state index in [-0.39, 0.29) is 0 Å². The average Bonchev–Trinajstić information content (AvgIpc) is 2.67. The third-order valence-corrected chi connectivity index (χ3v) is 4.15. The van der Waals surface area contributed by atoms with Gasteiger partial charge in [0.1, 0.15) is 0 Å². The average molecular weight is 363 g/mol. The summed E-state index contributed by atoms with van der Waals surface area (Å²) in [6, 6.07) is 17.3. The molecule has 5 heteroatoms. The molecule has 4 N–H and O–H groups in total. The molecular weight excluding hydrogens is 344 g/mol. The number of anilines is 1. The van der Waals surface area contributed by atoms with Crippen molar-refractivity contribution in [1.29, 1.82) is 0 Å². The Bertz CT molecular complexity index is 932. The third-order valence-electron chi connectivity index (χ3n) is 3.90. The molecule has 0 saturated carbocycles. The minimum atomic E-state index is 0.553. The van der Waals surface area contributed by atoms with Crippen LogP contribution in [0.25, 0.3) is 16.8 Å². The van der Waals surface area contributed by atoms with Crippen molar-refractivity contribution < 1.29 is 0 Å². The predicted molar refractivity (Wildman–Crippen MR) is 110 cm³/mol. The molecule has 0 amide bonds. The second kappa shape index (κ2) is 8.32. The molecule has 0 aliphatic carbocycles. The van der Waals surface area contributed by atoms with Crippen LogP contribution < -0.4 is 11.5 Å². The summed E-state index contributed by atoms with van der Waals surface area (Å²) in [4.78, 5) is 8.41. The van der Waals surface area contributed by atoms with E-state index in [1.807, 2.05) is 54.6 Å². The van der Waals surface area contributed by atoms with E-state index in [0.29, 0.717) is 23.0 Å². The Hall–Kier alpha value is -3.11. The van der Waals surface area contributed by atoms with Crippen molar-refractivity contribution in [2.75, 3.05) is 5.73 Å². The van der Waals surface area contributed by atoms with E-state index in [0.717, 1.165) is 22.3 Å². The van der Waals surface area contributed by atoms with Crippen LogP contribution >= 0.6 is 11.6 Å². The van der Waals surface area contributed by atoms with Crippen LogP contribution in [-0.2, 0) is 6.54 Å². The number of aromatic nitrogens is 1. The molecule has 0 aliphatic rings. The summed E-state index contributed by atoms with van der Waals surface area (Å²) >= 11 is 5.95. The van der Waals surface area contributed by atoms with Crippen LogP contribution in [0.4, 0.5) is 5.69 Å². The maximum absolute atomic E-state index is 6.20. The van der Waals surface area contributed by atoms with Gasteiger partial charge in [-0.3, -0.25) is 9.98 Å². The Balaban J connectivity index is 1.78. The lowest BCUT2D eigenvalue weighted by molar-refractivity contribution is 1.05. The van der Waals surface area contributed by atoms with Crippen molar-refractivity contribution in [2.24, 2.45) is 10.7 Å². The number of nitrogens with zero attached hydrogens (tertiary/aromatic N) is 2. The molecule has 0 bridgehead atoms. The van der Waals surface area contributed by atoms with Gasteiger partial charge >= 0.3 is 0 Å². The van der Waals surface area contributed by atoms with Crippen molar-refractivity contribution in [3.05, 3.63) is 89.2 Å². The predicted octanol–water partition coefficient (Wildman–Crippen LogP) is 4.55. The summed E-state index contributed by atoms with van der Waals surface area (Å²) < 4.78 is 0. The van der Waals surface area contributed by atoms with Gasteiger partial charge in [0.2, 0.25) is 0 Å². The van der Waals surface area contributed by atoms with E-state index in [1.54, 1.807) is 24.7 Å². The second-order valence-corrected chi connectivity index (χ2v) is 6.22. The number of nitrogen functional groups attached to an aromatic ring is 1. The van der Waals surface area contributed by atoms with E-state index < -0.39 is 0 Å². The van der Waals surface area contributed by atoms with Crippen LogP contribution in [0, 0.1) is 0 Å². The minimum absolute atomic E-state index is 0.553. The van der Waals surface area contributed by atoms with Crippen LogP contribution in [0.2, 0.25) is 5.02 Å². The molecule has 130 valence electrons. The van der Waals surface area contributed by atoms with Crippen LogP contribution in [-0.4, -0.2) is 11.2 Å². The number of pyridine rings is 1. The van der Waals surface area contributed by atoms with E-state index in [9.17, 15) is 0 Å². The normalized spacial score (nSPS) is 11.8. The number of allylic oxidation sites excluding steroid dienone is 1. The number of hydrogen-bond acceptors (Lipinski definition) is 4. The first-order chi connectivity index (χ1) is 12.6. The first-order valence-electron chi connectivity index (χ1n) is 8.14. The molecule has 0 fully saturated rings. The quantitative estimate of drug-likeness (QED) is 0.516. The molecule has 26 heavy (non-hydrogen) atoms. The van der Waals surface area contributed by atoms with Crippen molar-refractivity contribution in [3.8, 4) is 11.1 Å². The number of nitrogens with two attached hydrogens (primary N) is 2. The molecule has 0 saturated heterocycles. The van der Waals surface area contributed by atoms with Crippen molar-refractivity contribution in [3.63, 3.8) is 0 Å². The summed E-state index contributed by atoms with van der Waals surface area (Å²) in [6.07, 6.45) is 6.98. The number of aliphatic imine (C=N–C) groups is 1. The Morgan fingerprint density at radius 2 is 1.85 bits per heavy atom. The van der Waals surface area contributed by atoms with Crippen molar-refractivity contribution in [2.45, 2.75) is 6.54 Å². The highest BCUT2D eigenvalue weighted by Crippen LogP contribution is 2.27. The Morgan fingerprint density at radius 1 is 1.08 bits per heavy atom. The number of rotatable bonds is 5. The van der Waals surface area contributed by atoms with E-state index >= 15 is 0 Å². The van der Waals surface area contributed by atoms with Gasteiger partial charge in [-0.05, 0) is 53.1 Å². The van der Waals surface area contributed by atoms with Crippen molar-refractivity contribution >= 4 is 29.2 Å². The molecule has 1 heterocycles. The molecular formula is C21H19ClN4. The van der Waals surface area contributed by atoms with Gasteiger partial charge in [-0.25, -0.2) is 0 Å². The molecule has 1 aromatic heterocycles. The SMILES string of the molecule is NC(=CC=NCc1cccnc1)c1cc(-c2ccc(Cl)cc2)ccc1N. The van der Waals surface area contributed by atoms with Gasteiger partial charge in [0, 0.05) is 40.6 Å². The van der Waals surface area contributed by atoms with Crippen LogP contribution in [0.1, 0.15) is 11.1 Å². The summed E-state index contributed by atoms with van der Waals surface area (Å²) in [5.74, 6) is 0. The summed E-state index contributed by atoms with van der Waals surface area (Å²) in [5.41, 5.74) is 17.4. The number of hydrogen-bond donors (Lipinski definition) is 2. The van der Waals surface area contributed by atoms with Gasteiger partial charge in [-0.2, -0.15) is 0 Å². The highest BCUT2D eigenvalue weighted by molar-refractivity contribution is 6.30. The Morgan fingerprint density at radius 3 is 2.58 bits per heavy atom. The first kappa shape index (κ1) is 17.7. The topological polar surface area (TPSA) is 77.3 Å². The standard InChI is InChI=1S/C21H19ClN4/c22-18-6-3-16(4-7-18)17-5-8-20(23)19(12-17)21(24)9-11-26-14-15-2-1-10-25-13-15/h1-13H,14,23-24H2. The van der Waals surface area contributed by atoms with Gasteiger partial charge < -0.3 is 11.5 Å². The van der Waals surface area contributed by atoms with Gasteiger partial charge in [0.15, 0.2) is 0 Å². The molecule has 0 spiro atoms. The molecule has 0 radical (unpaired) electrons. The van der Waals surface area contributed by atoms with Crippen LogP contribution in [0.3, 0.4) is 0 Å². The fourth-order valence-electron chi connectivity index (χ4n) is 2.50. The number of halogens is 1. The molecule has 0 unspecified atom stereocenters. The van der Waals surface area contributed by atoms with Crippen LogP contribution in [0.15, 0.2) is 78.1 Å². The largest absolute Gasteiger partial charge is 0.398 e. The molecule has 0 aliphatic heterocycles. The summed E-state index contributed by atoms with van der Waals surface area (Å²) in [6.45, 7) is 0.553. The Kier molecular flexibility index (Phi) is 5.66. The van der Waals surface area contributed by atoms with E-state index in [2.05, 4.69) is 9.98 Å².